The number of nitrogens with zero attached hydrogens (tertiary/aromatic N) is 2. The van der Waals surface area contributed by atoms with Crippen LogP contribution >= 0.6 is 0 Å². The van der Waals surface area contributed by atoms with E-state index in [-0.39, 0.29) is 11.0 Å². The van der Waals surface area contributed by atoms with Crippen molar-refractivity contribution in [1.29, 1.82) is 0 Å². The number of aryl methyl sites for hydroxylation is 1. The Morgan fingerprint density at radius 1 is 1.12 bits per heavy atom. The van der Waals surface area contributed by atoms with Gasteiger partial charge in [-0.1, -0.05) is 6.07 Å². The highest BCUT2D eigenvalue weighted by molar-refractivity contribution is 5.86. The second-order valence-corrected chi connectivity index (χ2v) is 3.08. The third-order valence-corrected chi connectivity index (χ3v) is 1.72. The molecule has 2 rings (SSSR count). The van der Waals surface area contributed by atoms with Crippen LogP contribution in [0.1, 0.15) is 15.9 Å². The lowest BCUT2D eigenvalue weighted by atomic mass is 10.3. The van der Waals surface area contributed by atoms with E-state index in [1.165, 1.54) is 24.0 Å². The number of carboxylic acid groups (broad SMARTS) is 1. The summed E-state index contributed by atoms with van der Waals surface area (Å²) in [5.74, 6) is -0.942. The van der Waals surface area contributed by atoms with E-state index in [0.717, 1.165) is 0 Å². The molecule has 0 radical (unpaired) electrons. The number of aromatic nitrogens is 2. The Morgan fingerprint density at radius 3 is 1.94 bits per heavy atom. The summed E-state index contributed by atoms with van der Waals surface area (Å²) in [6, 6.07) is 7.03. The normalized spacial score (nSPS) is 8.29. The van der Waals surface area contributed by atoms with Gasteiger partial charge in [-0.25, -0.2) is 4.79 Å². The number of hydrogen-bond acceptors (Lipinski definition) is 3. The van der Waals surface area contributed by atoms with E-state index < -0.39 is 5.97 Å². The van der Waals surface area contributed by atoms with E-state index in [1.807, 2.05) is 25.3 Å². The number of pyridine rings is 2. The molecule has 5 nitrogen and oxygen atoms in total. The summed E-state index contributed by atoms with van der Waals surface area (Å²) in [5, 5.41) is 8.34. The van der Waals surface area contributed by atoms with Crippen LogP contribution in [-0.4, -0.2) is 26.5 Å². The van der Waals surface area contributed by atoms with Gasteiger partial charge in [-0.3, -0.25) is 9.97 Å². The van der Waals surface area contributed by atoms with Crippen molar-refractivity contribution in [2.75, 3.05) is 0 Å². The van der Waals surface area contributed by atoms with Gasteiger partial charge in [0.2, 0.25) is 0 Å². The van der Waals surface area contributed by atoms with E-state index in [1.54, 1.807) is 12.3 Å². The van der Waals surface area contributed by atoms with Gasteiger partial charge in [0, 0.05) is 24.8 Å². The summed E-state index contributed by atoms with van der Waals surface area (Å²) >= 11 is 0. The van der Waals surface area contributed by atoms with Crippen molar-refractivity contribution in [3.05, 3.63) is 60.2 Å². The molecule has 90 valence electrons. The fourth-order valence-electron chi connectivity index (χ4n) is 0.937. The zero-order valence-electron chi connectivity index (χ0n) is 9.37. The number of carboxylic acids is 1. The monoisotopic (exact) mass is 234 g/mol. The fraction of sp³-hybridized carbons (Fsp3) is 0.0833. The van der Waals surface area contributed by atoms with E-state index in [9.17, 15) is 4.79 Å². The molecule has 5 heteroatoms. The minimum absolute atomic E-state index is 0. The molecule has 0 aliphatic carbocycles. The molecule has 0 fully saturated rings. The molecule has 0 saturated heterocycles. The molecular weight excluding hydrogens is 220 g/mol. The Balaban J connectivity index is 0.000000292. The Bertz CT molecular complexity index is 432. The average molecular weight is 234 g/mol. The summed E-state index contributed by atoms with van der Waals surface area (Å²) < 4.78 is 0. The van der Waals surface area contributed by atoms with Crippen molar-refractivity contribution in [2.45, 2.75) is 6.92 Å². The molecule has 0 aromatic carbocycles. The maximum Gasteiger partial charge on any atom is 0.337 e. The van der Waals surface area contributed by atoms with Gasteiger partial charge < -0.3 is 10.6 Å². The molecule has 3 N–H and O–H groups in total. The van der Waals surface area contributed by atoms with Crippen molar-refractivity contribution >= 4 is 5.97 Å². The van der Waals surface area contributed by atoms with E-state index in [2.05, 4.69) is 9.97 Å². The molecule has 17 heavy (non-hydrogen) atoms. The topological polar surface area (TPSA) is 94.6 Å². The van der Waals surface area contributed by atoms with Crippen molar-refractivity contribution in [3.63, 3.8) is 0 Å². The summed E-state index contributed by atoms with van der Waals surface area (Å²) in [4.78, 5) is 17.7. The Kier molecular flexibility index (Phi) is 6.89. The van der Waals surface area contributed by atoms with E-state index in [4.69, 9.17) is 5.11 Å². The van der Waals surface area contributed by atoms with Gasteiger partial charge in [-0.2, -0.15) is 0 Å². The van der Waals surface area contributed by atoms with Crippen LogP contribution in [0, 0.1) is 6.92 Å². The van der Waals surface area contributed by atoms with Crippen molar-refractivity contribution in [3.8, 4) is 0 Å². The Hall–Kier alpha value is -2.27. The van der Waals surface area contributed by atoms with Crippen molar-refractivity contribution < 1.29 is 15.4 Å². The number of carbonyl (C=O) groups is 1. The van der Waals surface area contributed by atoms with Gasteiger partial charge in [-0.05, 0) is 30.7 Å². The highest BCUT2D eigenvalue weighted by atomic mass is 16.4. The third-order valence-electron chi connectivity index (χ3n) is 1.72. The molecule has 0 bridgehead atoms. The van der Waals surface area contributed by atoms with Gasteiger partial charge in [0.15, 0.2) is 0 Å². The van der Waals surface area contributed by atoms with Crippen LogP contribution in [0.5, 0.6) is 0 Å². The van der Waals surface area contributed by atoms with Gasteiger partial charge in [0.25, 0.3) is 0 Å². The van der Waals surface area contributed by atoms with Crippen LogP contribution in [0.15, 0.2) is 49.1 Å². The molecule has 0 atom stereocenters. The summed E-state index contributed by atoms with van der Waals surface area (Å²) in [6.07, 6.45) is 6.45. The lowest BCUT2D eigenvalue weighted by Gasteiger charge is -1.87. The number of aromatic carboxylic acids is 1. The molecule has 0 saturated carbocycles. The minimum atomic E-state index is -0.942. The molecule has 0 unspecified atom stereocenters. The van der Waals surface area contributed by atoms with Crippen LogP contribution < -0.4 is 0 Å². The first-order valence-corrected chi connectivity index (χ1v) is 4.70. The summed E-state index contributed by atoms with van der Waals surface area (Å²) in [7, 11) is 0. The van der Waals surface area contributed by atoms with Crippen LogP contribution in [0.3, 0.4) is 0 Å². The maximum absolute atomic E-state index is 10.2. The third kappa shape index (κ3) is 6.01. The summed E-state index contributed by atoms with van der Waals surface area (Å²) in [5.41, 5.74) is 1.43. The van der Waals surface area contributed by atoms with Crippen LogP contribution in [0.25, 0.3) is 0 Å². The summed E-state index contributed by atoms with van der Waals surface area (Å²) in [6.45, 7) is 2.02. The second-order valence-electron chi connectivity index (χ2n) is 3.08. The van der Waals surface area contributed by atoms with Gasteiger partial charge >= 0.3 is 5.97 Å². The van der Waals surface area contributed by atoms with Gasteiger partial charge in [0.05, 0.1) is 5.56 Å². The minimum Gasteiger partial charge on any atom is -0.478 e. The molecule has 0 amide bonds. The van der Waals surface area contributed by atoms with Crippen LogP contribution in [0.2, 0.25) is 0 Å². The van der Waals surface area contributed by atoms with E-state index >= 15 is 0 Å². The second kappa shape index (κ2) is 7.95. The van der Waals surface area contributed by atoms with Gasteiger partial charge in [0.1, 0.15) is 0 Å². The highest BCUT2D eigenvalue weighted by Gasteiger charge is 1.97. The first-order chi connectivity index (χ1) is 7.70. The molecule has 0 spiro atoms. The zero-order chi connectivity index (χ0) is 11.8. The Labute approximate surface area is 99.1 Å². The largest absolute Gasteiger partial charge is 0.478 e. The SMILES string of the molecule is Cc1cccnc1.O.O=C(O)c1cccnc1. The maximum atomic E-state index is 10.2. The molecular formula is C12H14N2O3. The quantitative estimate of drug-likeness (QED) is 0.805. The Morgan fingerprint density at radius 2 is 1.71 bits per heavy atom. The van der Waals surface area contributed by atoms with Crippen LogP contribution in [0.4, 0.5) is 0 Å². The number of rotatable bonds is 1. The lowest BCUT2D eigenvalue weighted by molar-refractivity contribution is 0.0696. The van der Waals surface area contributed by atoms with Gasteiger partial charge in [-0.15, -0.1) is 0 Å². The predicted octanol–water partition coefficient (Wildman–Crippen LogP) is 1.35. The molecule has 0 aliphatic rings. The molecule has 2 aromatic heterocycles. The lowest BCUT2D eigenvalue weighted by Crippen LogP contribution is -1.94. The average Bonchev–Trinajstić information content (AvgIpc) is 2.32. The smallest absolute Gasteiger partial charge is 0.337 e. The highest BCUT2D eigenvalue weighted by Crippen LogP contribution is 1.92. The van der Waals surface area contributed by atoms with Crippen LogP contribution in [-0.2, 0) is 0 Å². The molecule has 2 aromatic rings. The molecule has 2 heterocycles. The zero-order valence-corrected chi connectivity index (χ0v) is 9.37. The van der Waals surface area contributed by atoms with Crippen molar-refractivity contribution in [1.82, 2.24) is 9.97 Å². The number of hydrogen-bond donors (Lipinski definition) is 1. The fourth-order valence-corrected chi connectivity index (χ4v) is 0.937. The first kappa shape index (κ1) is 14.7. The standard InChI is InChI=1S/C6H5NO2.C6H7N.H2O/c8-6(9)5-2-1-3-7-4-5;1-6-3-2-4-7-5-6;/h1-4H,(H,8,9);2-5H,1H3;1H2. The van der Waals surface area contributed by atoms with E-state index in [0.29, 0.717) is 0 Å². The predicted molar refractivity (Wildman–Crippen MR) is 63.8 cm³/mol. The van der Waals surface area contributed by atoms with Crippen molar-refractivity contribution in [2.24, 2.45) is 0 Å². The molecule has 0 aliphatic heterocycles. The first-order valence-electron chi connectivity index (χ1n) is 4.70.